The number of carbonyl (C=O) groups is 2. The summed E-state index contributed by atoms with van der Waals surface area (Å²) >= 11 is 0. The Kier molecular flexibility index (Phi) is 56.9. The Hall–Kier alpha value is -3.85. The summed E-state index contributed by atoms with van der Waals surface area (Å²) in [5.74, 6) is -0.903. The lowest BCUT2D eigenvalue weighted by Gasteiger charge is -2.28. The molecular weight excluding hydrogens is 1010 g/mol. The number of likely N-dealkylation sites (N-methyl/N-ethyl adjacent to an activating group) is 1. The van der Waals surface area contributed by atoms with Crippen LogP contribution >= 0.6 is 7.82 Å². The van der Waals surface area contributed by atoms with Crippen molar-refractivity contribution in [1.82, 2.24) is 0 Å². The van der Waals surface area contributed by atoms with Gasteiger partial charge >= 0.3 is 11.9 Å². The summed E-state index contributed by atoms with van der Waals surface area (Å²) in [6.45, 7) is 3.94. The number of phosphoric ester groups is 1. The van der Waals surface area contributed by atoms with Gasteiger partial charge in [-0.2, -0.15) is 0 Å². The van der Waals surface area contributed by atoms with Gasteiger partial charge in [-0.25, -0.2) is 0 Å². The summed E-state index contributed by atoms with van der Waals surface area (Å²) in [6, 6.07) is 0. The van der Waals surface area contributed by atoms with Crippen LogP contribution in [0.5, 0.6) is 0 Å². The van der Waals surface area contributed by atoms with E-state index in [9.17, 15) is 19.0 Å². The first-order valence-corrected chi connectivity index (χ1v) is 33.4. The van der Waals surface area contributed by atoms with E-state index in [2.05, 4.69) is 148 Å². The van der Waals surface area contributed by atoms with Gasteiger partial charge in [0.1, 0.15) is 19.8 Å². The van der Waals surface area contributed by atoms with E-state index >= 15 is 0 Å². The quantitative estimate of drug-likeness (QED) is 0.0195. The number of hydrogen-bond donors (Lipinski definition) is 0. The second kappa shape index (κ2) is 59.8. The molecule has 0 aromatic rings. The van der Waals surface area contributed by atoms with Crippen LogP contribution in [0.4, 0.5) is 0 Å². The second-order valence-corrected chi connectivity index (χ2v) is 23.4. The highest BCUT2D eigenvalue weighted by Gasteiger charge is 2.21. The van der Waals surface area contributed by atoms with Crippen LogP contribution in [0.2, 0.25) is 0 Å². The Morgan fingerprint density at radius 3 is 1.04 bits per heavy atom. The minimum absolute atomic E-state index is 0.0444. The number of phosphoric acid groups is 1. The van der Waals surface area contributed by atoms with E-state index < -0.39 is 32.5 Å². The van der Waals surface area contributed by atoms with Crippen molar-refractivity contribution in [3.63, 3.8) is 0 Å². The number of nitrogens with zero attached hydrogens (tertiary/aromatic N) is 1. The molecule has 0 radical (unpaired) electrons. The SMILES string of the molecule is CC/C=C\C/C=C\C/C=C\C/C=C\C/C=C\C/C=C\CCCCCCCCCCCCCCCCCCCCCCC(=O)OC(COC(=O)CCC/C=C\C/C=C\C/C=C\C/C=C\C/C=C\CC)COP(=O)([O-])OCC[N+](C)(C)C. The zero-order valence-corrected chi connectivity index (χ0v) is 52.6. The average molecular weight is 1130 g/mol. The average Bonchev–Trinajstić information content (AvgIpc) is 3.42. The summed E-state index contributed by atoms with van der Waals surface area (Å²) in [6.07, 6.45) is 86.8. The number of allylic oxidation sites excluding steroid dienone is 22. The molecule has 0 amide bonds. The third-order valence-corrected chi connectivity index (χ3v) is 14.1. The molecule has 9 nitrogen and oxygen atoms in total. The lowest BCUT2D eigenvalue weighted by molar-refractivity contribution is -0.870. The van der Waals surface area contributed by atoms with E-state index in [0.717, 1.165) is 96.3 Å². The van der Waals surface area contributed by atoms with Crippen molar-refractivity contribution in [2.45, 2.75) is 251 Å². The number of rotatable bonds is 57. The van der Waals surface area contributed by atoms with Gasteiger partial charge in [-0.1, -0.05) is 263 Å². The van der Waals surface area contributed by atoms with E-state index in [1.54, 1.807) is 0 Å². The molecule has 10 heteroatoms. The van der Waals surface area contributed by atoms with Gasteiger partial charge in [0, 0.05) is 12.8 Å². The fourth-order valence-electron chi connectivity index (χ4n) is 8.34. The van der Waals surface area contributed by atoms with E-state index in [4.69, 9.17) is 18.5 Å². The molecule has 0 fully saturated rings. The Morgan fingerprint density at radius 1 is 0.388 bits per heavy atom. The lowest BCUT2D eigenvalue weighted by atomic mass is 10.0. The van der Waals surface area contributed by atoms with Gasteiger partial charge in [0.2, 0.25) is 0 Å². The zero-order chi connectivity index (χ0) is 58.4. The van der Waals surface area contributed by atoms with Gasteiger partial charge in [-0.05, 0) is 103 Å². The minimum atomic E-state index is -4.66. The maximum absolute atomic E-state index is 12.8. The van der Waals surface area contributed by atoms with Crippen LogP contribution in [-0.4, -0.2) is 70.0 Å². The summed E-state index contributed by atoms with van der Waals surface area (Å²) in [7, 11) is 1.13. The van der Waals surface area contributed by atoms with Crippen LogP contribution in [0, 0.1) is 0 Å². The van der Waals surface area contributed by atoms with Crippen LogP contribution in [0.25, 0.3) is 0 Å². The van der Waals surface area contributed by atoms with E-state index in [1.807, 2.05) is 21.1 Å². The third-order valence-electron chi connectivity index (χ3n) is 13.2. The number of quaternary nitrogens is 1. The second-order valence-electron chi connectivity index (χ2n) is 22.0. The van der Waals surface area contributed by atoms with E-state index in [0.29, 0.717) is 23.9 Å². The molecule has 0 bridgehead atoms. The van der Waals surface area contributed by atoms with Crippen LogP contribution in [0.15, 0.2) is 134 Å². The molecule has 0 spiro atoms. The zero-order valence-electron chi connectivity index (χ0n) is 51.7. The Bertz CT molecular complexity index is 1810. The molecule has 2 unspecified atom stereocenters. The molecule has 80 heavy (non-hydrogen) atoms. The van der Waals surface area contributed by atoms with Crippen molar-refractivity contribution in [3.8, 4) is 0 Å². The molecule has 0 heterocycles. The van der Waals surface area contributed by atoms with Crippen LogP contribution in [0.1, 0.15) is 245 Å². The lowest BCUT2D eigenvalue weighted by Crippen LogP contribution is -2.37. The van der Waals surface area contributed by atoms with Crippen LogP contribution in [-0.2, 0) is 32.7 Å². The van der Waals surface area contributed by atoms with Gasteiger partial charge < -0.3 is 27.9 Å². The van der Waals surface area contributed by atoms with Crippen LogP contribution < -0.4 is 4.89 Å². The number of carbonyl (C=O) groups excluding carboxylic acids is 2. The Labute approximate surface area is 491 Å². The van der Waals surface area contributed by atoms with Crippen molar-refractivity contribution in [2.75, 3.05) is 47.5 Å². The number of hydrogen-bond acceptors (Lipinski definition) is 8. The molecular formula is C70H118NO8P. The molecule has 2 atom stereocenters. The van der Waals surface area contributed by atoms with Gasteiger partial charge in [0.05, 0.1) is 27.7 Å². The van der Waals surface area contributed by atoms with Gasteiger partial charge in [0.15, 0.2) is 6.10 Å². The first-order chi connectivity index (χ1) is 39.0. The molecule has 0 aromatic carbocycles. The first-order valence-electron chi connectivity index (χ1n) is 31.9. The highest BCUT2D eigenvalue weighted by atomic mass is 31.2. The molecule has 456 valence electrons. The van der Waals surface area contributed by atoms with Crippen LogP contribution in [0.3, 0.4) is 0 Å². The maximum atomic E-state index is 12.8. The van der Waals surface area contributed by atoms with Gasteiger partial charge in [-0.15, -0.1) is 0 Å². The number of unbranched alkanes of at least 4 members (excludes halogenated alkanes) is 21. The largest absolute Gasteiger partial charge is 0.756 e. The smallest absolute Gasteiger partial charge is 0.306 e. The molecule has 0 saturated carbocycles. The van der Waals surface area contributed by atoms with E-state index in [-0.39, 0.29) is 26.1 Å². The highest BCUT2D eigenvalue weighted by Crippen LogP contribution is 2.38. The normalized spacial score (nSPS) is 14.1. The van der Waals surface area contributed by atoms with Crippen molar-refractivity contribution in [1.29, 1.82) is 0 Å². The summed E-state index contributed by atoms with van der Waals surface area (Å²) in [5, 5.41) is 0. The monoisotopic (exact) mass is 1130 g/mol. The predicted molar refractivity (Wildman–Crippen MR) is 341 cm³/mol. The molecule has 0 aliphatic rings. The first kappa shape index (κ1) is 76.1. The van der Waals surface area contributed by atoms with Crippen molar-refractivity contribution in [2.24, 2.45) is 0 Å². The minimum Gasteiger partial charge on any atom is -0.756 e. The molecule has 0 saturated heterocycles. The third kappa shape index (κ3) is 63.3. The Morgan fingerprint density at radius 2 is 0.688 bits per heavy atom. The predicted octanol–water partition coefficient (Wildman–Crippen LogP) is 19.9. The molecule has 0 N–H and O–H groups in total. The number of esters is 2. The summed E-state index contributed by atoms with van der Waals surface area (Å²) in [5.41, 5.74) is 0. The van der Waals surface area contributed by atoms with Gasteiger partial charge in [-0.3, -0.25) is 14.2 Å². The molecule has 0 aliphatic heterocycles. The van der Waals surface area contributed by atoms with Crippen molar-refractivity contribution in [3.05, 3.63) is 134 Å². The van der Waals surface area contributed by atoms with Crippen molar-refractivity contribution < 1.29 is 42.1 Å². The highest BCUT2D eigenvalue weighted by molar-refractivity contribution is 7.45. The fourth-order valence-corrected chi connectivity index (χ4v) is 9.07. The van der Waals surface area contributed by atoms with E-state index in [1.165, 1.54) is 109 Å². The van der Waals surface area contributed by atoms with Crippen molar-refractivity contribution >= 4 is 19.8 Å². The fraction of sp³-hybridized carbons (Fsp3) is 0.657. The maximum Gasteiger partial charge on any atom is 0.306 e. The topological polar surface area (TPSA) is 111 Å². The summed E-state index contributed by atoms with van der Waals surface area (Å²) in [4.78, 5) is 37.9. The molecule has 0 rings (SSSR count). The van der Waals surface area contributed by atoms with Gasteiger partial charge in [0.25, 0.3) is 7.82 Å². The number of ether oxygens (including phenoxy) is 2. The molecule has 0 aromatic heterocycles. The summed E-state index contributed by atoms with van der Waals surface area (Å²) < 4.78 is 34.1. The Balaban J connectivity index is 4.03. The molecule has 0 aliphatic carbocycles. The standard InChI is InChI=1S/C70H118NO8P/c1-6-8-10-12-14-16-18-20-22-24-25-26-27-28-29-30-31-32-33-34-35-36-37-38-39-40-41-42-43-44-45-47-49-51-53-55-57-59-61-63-70(73)79-68(67-78-80(74,75)77-65-64-71(3,4)5)66-76-69(72)62-60-58-56-54-52-50-48-46-23-21-19-17-15-13-11-9-7-2/h8-11,14-17,20-23,25-26,28-29,31-32,48,50,54,56,68H,6-7,12-13,18-19,24,27,30,33-47,49,51-53,55,57-67H2,1-5H3/b10-8-,11-9-,16-14-,17-15-,22-20-,23-21-,26-25-,29-28-,32-31-,50-48-,56-54-.